The van der Waals surface area contributed by atoms with Gasteiger partial charge < -0.3 is 29.2 Å². The Hall–Kier alpha value is -4.74. The zero-order valence-electron chi connectivity index (χ0n) is 19.1. The molecule has 35 heavy (non-hydrogen) atoms. The van der Waals surface area contributed by atoms with Gasteiger partial charge in [0.1, 0.15) is 0 Å². The van der Waals surface area contributed by atoms with Crippen molar-refractivity contribution < 1.29 is 57.9 Å². The highest BCUT2D eigenvalue weighted by Crippen LogP contribution is 2.30. The topological polar surface area (TPSA) is 180 Å². The van der Waals surface area contributed by atoms with E-state index in [2.05, 4.69) is 0 Å². The van der Waals surface area contributed by atoms with Gasteiger partial charge in [0, 0.05) is 27.7 Å². The summed E-state index contributed by atoms with van der Waals surface area (Å²) in [6, 6.07) is 7.84. The molecule has 0 aromatic heterocycles. The number of benzene rings is 2. The van der Waals surface area contributed by atoms with Gasteiger partial charge in [0.15, 0.2) is 23.0 Å². The molecule has 2 aromatic carbocycles. The molecular formula is C23H22O12. The maximum absolute atomic E-state index is 10.9. The van der Waals surface area contributed by atoms with Gasteiger partial charge >= 0.3 is 35.8 Å². The second-order valence-electron chi connectivity index (χ2n) is 6.69. The number of rotatable bonds is 7. The highest BCUT2D eigenvalue weighted by Gasteiger charge is 2.14. The smallest absolute Gasteiger partial charge is 0.335 e. The number of aliphatic carboxylic acids is 1. The van der Waals surface area contributed by atoms with E-state index >= 15 is 0 Å². The highest BCUT2D eigenvalue weighted by molar-refractivity contribution is 5.89. The van der Waals surface area contributed by atoms with Crippen molar-refractivity contribution in [1.82, 2.24) is 0 Å². The van der Waals surface area contributed by atoms with E-state index in [9.17, 15) is 28.8 Å². The first-order chi connectivity index (χ1) is 16.3. The predicted molar refractivity (Wildman–Crippen MR) is 116 cm³/mol. The molecule has 0 fully saturated rings. The van der Waals surface area contributed by atoms with Gasteiger partial charge in [-0.05, 0) is 35.9 Å². The Labute approximate surface area is 199 Å². The first-order valence-corrected chi connectivity index (χ1v) is 9.74. The SMILES string of the molecule is CC(=O)Oc1ccc(C(=O)O)cc1OC(C)=O.CC(=O)Oc1ccc(CC(=O)O)cc1OC(C)=O. The number of hydrogen-bond donors (Lipinski definition) is 2. The van der Waals surface area contributed by atoms with Gasteiger partial charge in [-0.1, -0.05) is 6.07 Å². The van der Waals surface area contributed by atoms with Crippen molar-refractivity contribution in [3.8, 4) is 23.0 Å². The number of hydrogen-bond acceptors (Lipinski definition) is 10. The first-order valence-electron chi connectivity index (χ1n) is 9.74. The third-order valence-electron chi connectivity index (χ3n) is 3.57. The molecule has 0 heterocycles. The highest BCUT2D eigenvalue weighted by atomic mass is 16.6. The van der Waals surface area contributed by atoms with Crippen molar-refractivity contribution >= 4 is 35.8 Å². The van der Waals surface area contributed by atoms with Crippen LogP contribution in [-0.2, 0) is 30.4 Å². The molecule has 2 aromatic rings. The van der Waals surface area contributed by atoms with E-state index in [1.165, 1.54) is 51.1 Å². The van der Waals surface area contributed by atoms with Crippen LogP contribution in [-0.4, -0.2) is 46.0 Å². The molecule has 0 saturated heterocycles. The van der Waals surface area contributed by atoms with Crippen molar-refractivity contribution in [3.05, 3.63) is 47.5 Å². The number of carbonyl (C=O) groups is 6. The summed E-state index contributed by atoms with van der Waals surface area (Å²) in [7, 11) is 0. The molecule has 0 atom stereocenters. The van der Waals surface area contributed by atoms with Crippen LogP contribution >= 0.6 is 0 Å². The van der Waals surface area contributed by atoms with Crippen molar-refractivity contribution in [2.24, 2.45) is 0 Å². The Bertz CT molecular complexity index is 1150. The zero-order valence-corrected chi connectivity index (χ0v) is 19.1. The molecule has 0 saturated carbocycles. The number of carboxylic acids is 2. The minimum absolute atomic E-state index is 0.00213. The molecule has 0 aliphatic carbocycles. The zero-order chi connectivity index (χ0) is 26.7. The minimum atomic E-state index is -1.17. The summed E-state index contributed by atoms with van der Waals surface area (Å²) in [5.41, 5.74) is 0.367. The molecule has 0 unspecified atom stereocenters. The van der Waals surface area contributed by atoms with Crippen molar-refractivity contribution in [3.63, 3.8) is 0 Å². The maximum atomic E-state index is 10.9. The number of esters is 4. The van der Waals surface area contributed by atoms with Crippen molar-refractivity contribution in [1.29, 1.82) is 0 Å². The fraction of sp³-hybridized carbons (Fsp3) is 0.217. The van der Waals surface area contributed by atoms with Gasteiger partial charge in [0.05, 0.1) is 12.0 Å². The number of ether oxygens (including phenoxy) is 4. The molecule has 12 heteroatoms. The van der Waals surface area contributed by atoms with Crippen LogP contribution in [0.3, 0.4) is 0 Å². The summed E-state index contributed by atoms with van der Waals surface area (Å²) in [5.74, 6) is -4.57. The quantitative estimate of drug-likeness (QED) is 0.428. The molecule has 0 radical (unpaired) electrons. The maximum Gasteiger partial charge on any atom is 0.335 e. The molecule has 0 spiro atoms. The van der Waals surface area contributed by atoms with Crippen LogP contribution in [0.25, 0.3) is 0 Å². The molecule has 2 rings (SSSR count). The van der Waals surface area contributed by atoms with Crippen molar-refractivity contribution in [2.75, 3.05) is 0 Å². The van der Waals surface area contributed by atoms with Crippen LogP contribution < -0.4 is 18.9 Å². The lowest BCUT2D eigenvalue weighted by atomic mass is 10.1. The van der Waals surface area contributed by atoms with Gasteiger partial charge in [-0.3, -0.25) is 24.0 Å². The van der Waals surface area contributed by atoms with E-state index in [0.717, 1.165) is 13.0 Å². The lowest BCUT2D eigenvalue weighted by Crippen LogP contribution is -2.08. The number of carboxylic acid groups (broad SMARTS) is 2. The molecule has 186 valence electrons. The lowest BCUT2D eigenvalue weighted by molar-refractivity contribution is -0.136. The Morgan fingerprint density at radius 2 is 1.00 bits per heavy atom. The normalized spacial score (nSPS) is 9.60. The predicted octanol–water partition coefficient (Wildman–Crippen LogP) is 2.40. The largest absolute Gasteiger partial charge is 0.481 e. The molecule has 0 amide bonds. The first kappa shape index (κ1) is 28.3. The molecule has 2 N–H and O–H groups in total. The second kappa shape index (κ2) is 13.1. The molecule has 0 bridgehead atoms. The fourth-order valence-corrected chi connectivity index (χ4v) is 2.43. The molecular weight excluding hydrogens is 468 g/mol. The number of aromatic carboxylic acids is 1. The summed E-state index contributed by atoms with van der Waals surface area (Å²) in [6.45, 7) is 4.75. The van der Waals surface area contributed by atoms with Gasteiger partial charge in [-0.2, -0.15) is 0 Å². The molecule has 12 nitrogen and oxygen atoms in total. The third-order valence-corrected chi connectivity index (χ3v) is 3.57. The summed E-state index contributed by atoms with van der Waals surface area (Å²) in [4.78, 5) is 64.7. The van der Waals surface area contributed by atoms with E-state index in [1.807, 2.05) is 0 Å². The van der Waals surface area contributed by atoms with Gasteiger partial charge in [-0.25, -0.2) is 4.79 Å². The van der Waals surface area contributed by atoms with Gasteiger partial charge in [0.2, 0.25) is 0 Å². The summed E-state index contributed by atoms with van der Waals surface area (Å²) in [5, 5.41) is 17.4. The van der Waals surface area contributed by atoms with E-state index in [1.54, 1.807) is 0 Å². The second-order valence-corrected chi connectivity index (χ2v) is 6.69. The van der Waals surface area contributed by atoms with E-state index in [0.29, 0.717) is 5.56 Å². The van der Waals surface area contributed by atoms with Crippen LogP contribution in [0.2, 0.25) is 0 Å². The molecule has 0 aliphatic heterocycles. The Kier molecular flexibility index (Phi) is 10.6. The fourth-order valence-electron chi connectivity index (χ4n) is 2.43. The molecule has 0 aliphatic rings. The Morgan fingerprint density at radius 3 is 1.40 bits per heavy atom. The van der Waals surface area contributed by atoms with Crippen LogP contribution in [0.4, 0.5) is 0 Å². The Balaban J connectivity index is 0.000000351. The summed E-state index contributed by atoms with van der Waals surface area (Å²) in [6.07, 6.45) is -0.214. The van der Waals surface area contributed by atoms with Crippen LogP contribution in [0.15, 0.2) is 36.4 Å². The minimum Gasteiger partial charge on any atom is -0.481 e. The average molecular weight is 490 g/mol. The monoisotopic (exact) mass is 490 g/mol. The van der Waals surface area contributed by atoms with E-state index in [4.69, 9.17) is 29.2 Å². The van der Waals surface area contributed by atoms with Crippen LogP contribution in [0, 0.1) is 0 Å². The van der Waals surface area contributed by atoms with Crippen LogP contribution in [0.5, 0.6) is 23.0 Å². The standard InChI is InChI=1S/C12H12O6.C11H10O6/c1-7(13)17-10-4-3-9(6-12(15)16)5-11(10)18-8(2)14;1-6(12)16-9-4-3-8(11(14)15)5-10(9)17-7(2)13/h3-5H,6H2,1-2H3,(H,15,16);3-5H,1-2H3,(H,14,15). The van der Waals surface area contributed by atoms with E-state index < -0.39 is 35.8 Å². The Morgan fingerprint density at radius 1 is 0.600 bits per heavy atom. The van der Waals surface area contributed by atoms with Crippen molar-refractivity contribution in [2.45, 2.75) is 34.1 Å². The summed E-state index contributed by atoms with van der Waals surface area (Å²) >= 11 is 0. The van der Waals surface area contributed by atoms with Crippen LogP contribution in [0.1, 0.15) is 43.6 Å². The van der Waals surface area contributed by atoms with Gasteiger partial charge in [-0.15, -0.1) is 0 Å². The third kappa shape index (κ3) is 10.6. The summed E-state index contributed by atoms with van der Waals surface area (Å²) < 4.78 is 19.2. The van der Waals surface area contributed by atoms with E-state index in [-0.39, 0.29) is 35.0 Å². The lowest BCUT2D eigenvalue weighted by Gasteiger charge is -2.09. The number of carbonyl (C=O) groups excluding carboxylic acids is 4. The average Bonchev–Trinajstić information content (AvgIpc) is 2.69. The van der Waals surface area contributed by atoms with Gasteiger partial charge in [0.25, 0.3) is 0 Å².